The van der Waals surface area contributed by atoms with Crippen molar-refractivity contribution in [3.63, 3.8) is 0 Å². The Kier molecular flexibility index (Phi) is 7.83. The van der Waals surface area contributed by atoms with E-state index >= 15 is 0 Å². The summed E-state index contributed by atoms with van der Waals surface area (Å²) in [6.45, 7) is 3.86. The molecule has 27 heavy (non-hydrogen) atoms. The van der Waals surface area contributed by atoms with Crippen molar-refractivity contribution in [3.8, 4) is 5.75 Å². The summed E-state index contributed by atoms with van der Waals surface area (Å²) in [7, 11) is -2.04. The highest BCUT2D eigenvalue weighted by Crippen LogP contribution is 2.22. The number of benzene rings is 2. The average molecular weight is 391 g/mol. The smallest absolute Gasteiger partial charge is 0.194 e. The Balaban J connectivity index is 1.99. The molecule has 1 radical (unpaired) electrons. The lowest BCUT2D eigenvalue weighted by molar-refractivity contribution is 0.196. The zero-order valence-corrected chi connectivity index (χ0v) is 16.8. The highest BCUT2D eigenvalue weighted by molar-refractivity contribution is 7.92. The lowest BCUT2D eigenvalue weighted by Gasteiger charge is -2.24. The topological polar surface area (TPSA) is 75.6 Å². The highest BCUT2D eigenvalue weighted by Gasteiger charge is 2.30. The molecular formula is C21H28NO4S. The molecule has 2 rings (SSSR count). The van der Waals surface area contributed by atoms with Gasteiger partial charge in [0.1, 0.15) is 11.1 Å². The van der Waals surface area contributed by atoms with Gasteiger partial charge in [0, 0.05) is 6.54 Å². The lowest BCUT2D eigenvalue weighted by atomic mass is 10.1. The molecule has 0 saturated carbocycles. The molecule has 147 valence electrons. The molecular weight excluding hydrogens is 362 g/mol. The predicted octanol–water partition coefficient (Wildman–Crippen LogP) is 2.85. The minimum absolute atomic E-state index is 0.154. The Bertz CT molecular complexity index is 789. The largest absolute Gasteiger partial charge is 0.497 e. The fourth-order valence-electron chi connectivity index (χ4n) is 2.82. The van der Waals surface area contributed by atoms with Gasteiger partial charge >= 0.3 is 0 Å². The maximum atomic E-state index is 13.0. The first kappa shape index (κ1) is 21.4. The van der Waals surface area contributed by atoms with Gasteiger partial charge in [-0.25, -0.2) is 8.42 Å². The minimum atomic E-state index is -3.58. The quantitative estimate of drug-likeness (QED) is 0.652. The van der Waals surface area contributed by atoms with Crippen LogP contribution in [0.3, 0.4) is 0 Å². The van der Waals surface area contributed by atoms with Crippen LogP contribution in [0, 0.1) is 12.3 Å². The molecule has 2 atom stereocenters. The van der Waals surface area contributed by atoms with Crippen molar-refractivity contribution >= 4 is 9.84 Å². The maximum Gasteiger partial charge on any atom is 0.194 e. The van der Waals surface area contributed by atoms with E-state index < -0.39 is 21.3 Å². The zero-order chi connectivity index (χ0) is 19.9. The molecule has 0 aliphatic heterocycles. The normalized spacial score (nSPS) is 14.1. The molecule has 6 heteroatoms. The predicted molar refractivity (Wildman–Crippen MR) is 107 cm³/mol. The summed E-state index contributed by atoms with van der Waals surface area (Å²) in [6.07, 6.45) is 1.67. The van der Waals surface area contributed by atoms with Crippen molar-refractivity contribution in [3.05, 3.63) is 66.6 Å². The Morgan fingerprint density at radius 3 is 2.26 bits per heavy atom. The van der Waals surface area contributed by atoms with Crippen molar-refractivity contribution in [2.45, 2.75) is 36.6 Å². The monoisotopic (exact) mass is 390 g/mol. The summed E-state index contributed by atoms with van der Waals surface area (Å²) in [4.78, 5) is 0.234. The summed E-state index contributed by atoms with van der Waals surface area (Å²) in [5.41, 5.74) is 1.10. The molecule has 5 nitrogen and oxygen atoms in total. The first-order valence-electron chi connectivity index (χ1n) is 9.01. The van der Waals surface area contributed by atoms with Crippen molar-refractivity contribution in [2.24, 2.45) is 5.92 Å². The summed E-state index contributed by atoms with van der Waals surface area (Å²) >= 11 is 0. The highest BCUT2D eigenvalue weighted by atomic mass is 32.2. The molecule has 0 aliphatic rings. The number of hydrogen-bond acceptors (Lipinski definition) is 5. The van der Waals surface area contributed by atoms with Gasteiger partial charge in [0.15, 0.2) is 9.84 Å². The van der Waals surface area contributed by atoms with Crippen molar-refractivity contribution < 1.29 is 18.3 Å². The summed E-state index contributed by atoms with van der Waals surface area (Å²) in [5, 5.41) is 12.5. The average Bonchev–Trinajstić information content (AvgIpc) is 2.67. The number of nitrogens with one attached hydrogen (secondary N) is 1. The molecule has 0 heterocycles. The molecule has 0 bridgehead atoms. The third kappa shape index (κ3) is 6.06. The van der Waals surface area contributed by atoms with Crippen LogP contribution in [0.2, 0.25) is 0 Å². The van der Waals surface area contributed by atoms with Crippen LogP contribution in [0.25, 0.3) is 0 Å². The maximum absolute atomic E-state index is 13.0. The van der Waals surface area contributed by atoms with Gasteiger partial charge in [-0.15, -0.1) is 0 Å². The molecule has 0 spiro atoms. The number of methoxy groups -OCH3 is 1. The zero-order valence-electron chi connectivity index (χ0n) is 16.0. The van der Waals surface area contributed by atoms with E-state index in [-0.39, 0.29) is 17.4 Å². The Morgan fingerprint density at radius 2 is 1.70 bits per heavy atom. The SMILES string of the molecule is COc1ccc(S(=O)(=O)[C@H](NC[C@H](O)[CH]Cc2ccccc2)C(C)C)cc1. The second-order valence-electron chi connectivity index (χ2n) is 6.79. The summed E-state index contributed by atoms with van der Waals surface area (Å²) in [5.74, 6) is 0.451. The van der Waals surface area contributed by atoms with Crippen LogP contribution < -0.4 is 10.1 Å². The molecule has 0 saturated heterocycles. The van der Waals surface area contributed by atoms with Crippen molar-refractivity contribution in [1.82, 2.24) is 5.32 Å². The Morgan fingerprint density at radius 1 is 1.07 bits per heavy atom. The number of aliphatic hydroxyl groups excluding tert-OH is 1. The lowest BCUT2D eigenvalue weighted by Crippen LogP contribution is -2.44. The number of aliphatic hydroxyl groups is 1. The molecule has 0 aliphatic carbocycles. The van der Waals surface area contributed by atoms with Gasteiger partial charge in [-0.1, -0.05) is 44.2 Å². The third-order valence-electron chi connectivity index (χ3n) is 4.32. The standard InChI is InChI=1S/C21H28NO4S/c1-16(2)21(27(24,25)20-13-11-19(26-3)12-14-20)22-15-18(23)10-9-17-7-5-4-6-8-17/h4-8,10-14,16,18,21-23H,9,15H2,1-3H3/t18-,21+/m1/s1. The Labute approximate surface area is 162 Å². The van der Waals surface area contributed by atoms with Crippen LogP contribution in [0.5, 0.6) is 5.75 Å². The van der Waals surface area contributed by atoms with E-state index in [2.05, 4.69) is 5.32 Å². The van der Waals surface area contributed by atoms with Gasteiger partial charge in [0.05, 0.1) is 18.1 Å². The van der Waals surface area contributed by atoms with Gasteiger partial charge in [-0.05, 0) is 48.6 Å². The van der Waals surface area contributed by atoms with Crippen LogP contribution in [0.1, 0.15) is 19.4 Å². The van der Waals surface area contributed by atoms with Gasteiger partial charge in [0.2, 0.25) is 0 Å². The number of hydrogen-bond donors (Lipinski definition) is 2. The van der Waals surface area contributed by atoms with Crippen molar-refractivity contribution in [1.29, 1.82) is 0 Å². The van der Waals surface area contributed by atoms with Gasteiger partial charge in [-0.3, -0.25) is 5.32 Å². The fourth-order valence-corrected chi connectivity index (χ4v) is 4.66. The van der Waals surface area contributed by atoms with Crippen LogP contribution in [0.4, 0.5) is 0 Å². The molecule has 2 aromatic rings. The number of rotatable bonds is 10. The summed E-state index contributed by atoms with van der Waals surface area (Å²) in [6, 6.07) is 16.2. The molecule has 2 aromatic carbocycles. The van der Waals surface area contributed by atoms with Crippen LogP contribution in [0.15, 0.2) is 59.5 Å². The first-order chi connectivity index (χ1) is 12.8. The van der Waals surface area contributed by atoms with E-state index in [9.17, 15) is 13.5 Å². The van der Waals surface area contributed by atoms with Gasteiger partial charge in [0.25, 0.3) is 0 Å². The molecule has 0 fully saturated rings. The third-order valence-corrected chi connectivity index (χ3v) is 6.63. The van der Waals surface area contributed by atoms with E-state index in [4.69, 9.17) is 4.74 Å². The van der Waals surface area contributed by atoms with E-state index in [1.165, 1.54) is 7.11 Å². The molecule has 0 unspecified atom stereocenters. The van der Waals surface area contributed by atoms with E-state index in [1.807, 2.05) is 44.2 Å². The first-order valence-corrected chi connectivity index (χ1v) is 10.6. The van der Waals surface area contributed by atoms with E-state index in [0.29, 0.717) is 12.2 Å². The van der Waals surface area contributed by atoms with E-state index in [1.54, 1.807) is 30.7 Å². The van der Waals surface area contributed by atoms with Gasteiger partial charge in [-0.2, -0.15) is 0 Å². The van der Waals surface area contributed by atoms with Crippen LogP contribution >= 0.6 is 0 Å². The van der Waals surface area contributed by atoms with E-state index in [0.717, 1.165) is 5.56 Å². The molecule has 0 amide bonds. The van der Waals surface area contributed by atoms with Crippen LogP contribution in [-0.2, 0) is 16.3 Å². The van der Waals surface area contributed by atoms with Gasteiger partial charge < -0.3 is 9.84 Å². The minimum Gasteiger partial charge on any atom is -0.497 e. The fraction of sp³-hybridized carbons (Fsp3) is 0.381. The molecule has 2 N–H and O–H groups in total. The summed E-state index contributed by atoms with van der Waals surface area (Å²) < 4.78 is 31.0. The Hall–Kier alpha value is -1.89. The second-order valence-corrected chi connectivity index (χ2v) is 8.86. The number of ether oxygens (including phenoxy) is 1. The van der Waals surface area contributed by atoms with Crippen LogP contribution in [-0.4, -0.2) is 38.7 Å². The number of sulfone groups is 1. The molecule has 0 aromatic heterocycles. The van der Waals surface area contributed by atoms with Crippen molar-refractivity contribution in [2.75, 3.05) is 13.7 Å². The second kappa shape index (κ2) is 9.88.